The highest BCUT2D eigenvalue weighted by molar-refractivity contribution is 7.89. The van der Waals surface area contributed by atoms with Crippen LogP contribution in [0.25, 0.3) is 11.3 Å². The van der Waals surface area contributed by atoms with Crippen LogP contribution in [-0.2, 0) is 23.1 Å². The number of benzene rings is 3. The Bertz CT molecular complexity index is 1320. The normalized spacial score (nSPS) is 11.3. The summed E-state index contributed by atoms with van der Waals surface area (Å²) < 4.78 is 40.9. The molecule has 0 amide bonds. The van der Waals surface area contributed by atoms with E-state index >= 15 is 0 Å². The highest BCUT2D eigenvalue weighted by Crippen LogP contribution is 2.29. The number of hydrogen-bond acceptors (Lipinski definition) is 5. The van der Waals surface area contributed by atoms with Crippen molar-refractivity contribution in [1.82, 2.24) is 14.5 Å². The molecule has 4 aromatic rings. The Morgan fingerprint density at radius 3 is 2.21 bits per heavy atom. The molecule has 0 saturated heterocycles. The van der Waals surface area contributed by atoms with Gasteiger partial charge in [0.1, 0.15) is 0 Å². The lowest BCUT2D eigenvalue weighted by atomic mass is 10.1. The molecule has 0 aliphatic heterocycles. The summed E-state index contributed by atoms with van der Waals surface area (Å²) in [5, 5.41) is 4.74. The van der Waals surface area contributed by atoms with Gasteiger partial charge in [-0.25, -0.2) is 13.1 Å². The molecule has 0 aliphatic carbocycles. The van der Waals surface area contributed by atoms with E-state index in [2.05, 4.69) is 4.72 Å². The van der Waals surface area contributed by atoms with E-state index in [4.69, 9.17) is 14.6 Å². The SMILES string of the molecule is COc1ccc(S(=O)(=O)NCc2cn(Cc3ccccc3)nc2-c2ccccc2)cc1OC. The molecule has 0 unspecified atom stereocenters. The van der Waals surface area contributed by atoms with Crippen molar-refractivity contribution in [3.05, 3.63) is 96.2 Å². The van der Waals surface area contributed by atoms with Gasteiger partial charge in [0.25, 0.3) is 0 Å². The molecule has 1 aromatic heterocycles. The van der Waals surface area contributed by atoms with E-state index < -0.39 is 10.0 Å². The van der Waals surface area contributed by atoms with Crippen molar-refractivity contribution in [2.75, 3.05) is 14.2 Å². The van der Waals surface area contributed by atoms with Crippen LogP contribution < -0.4 is 14.2 Å². The van der Waals surface area contributed by atoms with Crippen molar-refractivity contribution < 1.29 is 17.9 Å². The Balaban J connectivity index is 1.61. The third-order valence-electron chi connectivity index (χ3n) is 5.19. The highest BCUT2D eigenvalue weighted by Gasteiger charge is 2.19. The second kappa shape index (κ2) is 9.89. The number of ether oxygens (including phenoxy) is 2. The summed E-state index contributed by atoms with van der Waals surface area (Å²) in [4.78, 5) is 0.0955. The van der Waals surface area contributed by atoms with Gasteiger partial charge in [-0.05, 0) is 17.7 Å². The average Bonchev–Trinajstić information content (AvgIpc) is 3.26. The largest absolute Gasteiger partial charge is 0.493 e. The summed E-state index contributed by atoms with van der Waals surface area (Å²) in [6, 6.07) is 24.2. The van der Waals surface area contributed by atoms with Crippen LogP contribution in [-0.4, -0.2) is 32.4 Å². The average molecular weight is 464 g/mol. The van der Waals surface area contributed by atoms with Crippen LogP contribution in [0.4, 0.5) is 0 Å². The molecule has 1 heterocycles. The molecule has 1 N–H and O–H groups in total. The second-order valence-electron chi connectivity index (χ2n) is 7.39. The van der Waals surface area contributed by atoms with E-state index in [1.165, 1.54) is 26.4 Å². The Kier molecular flexibility index (Phi) is 6.76. The lowest BCUT2D eigenvalue weighted by molar-refractivity contribution is 0.354. The Labute approximate surface area is 193 Å². The summed E-state index contributed by atoms with van der Waals surface area (Å²) in [6.45, 7) is 0.679. The minimum Gasteiger partial charge on any atom is -0.493 e. The molecule has 33 heavy (non-hydrogen) atoms. The lowest BCUT2D eigenvalue weighted by Crippen LogP contribution is -2.23. The van der Waals surface area contributed by atoms with E-state index in [0.29, 0.717) is 18.0 Å². The Morgan fingerprint density at radius 2 is 1.55 bits per heavy atom. The van der Waals surface area contributed by atoms with Crippen LogP contribution >= 0.6 is 0 Å². The monoisotopic (exact) mass is 463 g/mol. The number of nitrogens with zero attached hydrogens (tertiary/aromatic N) is 2. The number of rotatable bonds is 9. The zero-order valence-corrected chi connectivity index (χ0v) is 19.2. The van der Waals surface area contributed by atoms with Gasteiger partial charge in [0.05, 0.1) is 31.4 Å². The fourth-order valence-corrected chi connectivity index (χ4v) is 4.54. The maximum Gasteiger partial charge on any atom is 0.241 e. The van der Waals surface area contributed by atoms with E-state index in [1.807, 2.05) is 71.5 Å². The Hall–Kier alpha value is -3.62. The van der Waals surface area contributed by atoms with Gasteiger partial charge in [-0.3, -0.25) is 4.68 Å². The minimum absolute atomic E-state index is 0.0930. The zero-order chi connectivity index (χ0) is 23.3. The topological polar surface area (TPSA) is 82.5 Å². The fraction of sp³-hybridized carbons (Fsp3) is 0.160. The molecule has 170 valence electrons. The van der Waals surface area contributed by atoms with Crippen molar-refractivity contribution in [3.8, 4) is 22.8 Å². The van der Waals surface area contributed by atoms with Crippen LogP contribution in [0.5, 0.6) is 11.5 Å². The molecular formula is C25H25N3O4S. The number of nitrogens with one attached hydrogen (secondary N) is 1. The van der Waals surface area contributed by atoms with Crippen LogP contribution in [0.2, 0.25) is 0 Å². The summed E-state index contributed by atoms with van der Waals surface area (Å²) in [6.07, 6.45) is 1.88. The third-order valence-corrected chi connectivity index (χ3v) is 6.59. The molecule has 0 atom stereocenters. The maximum atomic E-state index is 13.0. The van der Waals surface area contributed by atoms with Gasteiger partial charge in [-0.15, -0.1) is 0 Å². The predicted molar refractivity (Wildman–Crippen MR) is 127 cm³/mol. The van der Waals surface area contributed by atoms with Crippen molar-refractivity contribution >= 4 is 10.0 Å². The fourth-order valence-electron chi connectivity index (χ4n) is 3.52. The molecule has 7 nitrogen and oxygen atoms in total. The van der Waals surface area contributed by atoms with Crippen molar-refractivity contribution in [2.45, 2.75) is 18.0 Å². The number of sulfonamides is 1. The molecule has 8 heteroatoms. The second-order valence-corrected chi connectivity index (χ2v) is 9.16. The molecular weight excluding hydrogens is 438 g/mol. The lowest BCUT2D eigenvalue weighted by Gasteiger charge is -2.11. The van der Waals surface area contributed by atoms with Crippen LogP contribution in [0.1, 0.15) is 11.1 Å². The van der Waals surface area contributed by atoms with Gasteiger partial charge in [0, 0.05) is 29.9 Å². The van der Waals surface area contributed by atoms with E-state index in [0.717, 1.165) is 22.4 Å². The number of methoxy groups -OCH3 is 2. The molecule has 0 radical (unpaired) electrons. The third kappa shape index (κ3) is 5.24. The maximum absolute atomic E-state index is 13.0. The number of aromatic nitrogens is 2. The van der Waals surface area contributed by atoms with Crippen LogP contribution in [0.15, 0.2) is 90.0 Å². The van der Waals surface area contributed by atoms with Gasteiger partial charge in [0.15, 0.2) is 11.5 Å². The smallest absolute Gasteiger partial charge is 0.241 e. The number of hydrogen-bond donors (Lipinski definition) is 1. The van der Waals surface area contributed by atoms with Crippen molar-refractivity contribution in [2.24, 2.45) is 0 Å². The first-order chi connectivity index (χ1) is 16.0. The summed E-state index contributed by atoms with van der Waals surface area (Å²) in [7, 11) is -0.818. The molecule has 4 rings (SSSR count). The van der Waals surface area contributed by atoms with Gasteiger partial charge < -0.3 is 9.47 Å². The van der Waals surface area contributed by atoms with Gasteiger partial charge in [0.2, 0.25) is 10.0 Å². The quantitative estimate of drug-likeness (QED) is 0.404. The molecule has 3 aromatic carbocycles. The van der Waals surface area contributed by atoms with Crippen LogP contribution in [0, 0.1) is 0 Å². The molecule has 0 saturated carbocycles. The van der Waals surface area contributed by atoms with Crippen molar-refractivity contribution in [3.63, 3.8) is 0 Å². The summed E-state index contributed by atoms with van der Waals surface area (Å²) in [5.74, 6) is 0.811. The first kappa shape index (κ1) is 22.6. The summed E-state index contributed by atoms with van der Waals surface area (Å²) in [5.41, 5.74) is 3.55. The summed E-state index contributed by atoms with van der Waals surface area (Å²) >= 11 is 0. The first-order valence-corrected chi connectivity index (χ1v) is 11.9. The zero-order valence-electron chi connectivity index (χ0n) is 18.4. The predicted octanol–water partition coefficient (Wildman–Crippen LogP) is 4.09. The van der Waals surface area contributed by atoms with Gasteiger partial charge >= 0.3 is 0 Å². The van der Waals surface area contributed by atoms with Crippen molar-refractivity contribution in [1.29, 1.82) is 0 Å². The molecule has 0 fully saturated rings. The van der Waals surface area contributed by atoms with E-state index in [-0.39, 0.29) is 11.4 Å². The standard InChI is InChI=1S/C25H25N3O4S/c1-31-23-14-13-22(15-24(23)32-2)33(29,30)26-16-21-18-28(17-19-9-5-3-6-10-19)27-25(21)20-11-7-4-8-12-20/h3-15,18,26H,16-17H2,1-2H3. The van der Waals surface area contributed by atoms with Gasteiger partial charge in [-0.1, -0.05) is 60.7 Å². The van der Waals surface area contributed by atoms with Crippen LogP contribution in [0.3, 0.4) is 0 Å². The Morgan fingerprint density at radius 1 is 0.879 bits per heavy atom. The first-order valence-electron chi connectivity index (χ1n) is 10.4. The molecule has 0 spiro atoms. The molecule has 0 bridgehead atoms. The van der Waals surface area contributed by atoms with E-state index in [9.17, 15) is 8.42 Å². The highest BCUT2D eigenvalue weighted by atomic mass is 32.2. The molecule has 0 aliphatic rings. The minimum atomic E-state index is -3.79. The van der Waals surface area contributed by atoms with Gasteiger partial charge in [-0.2, -0.15) is 5.10 Å². The van der Waals surface area contributed by atoms with E-state index in [1.54, 1.807) is 6.07 Å².